The highest BCUT2D eigenvalue weighted by Gasteiger charge is 1.92. The Labute approximate surface area is 148 Å². The van der Waals surface area contributed by atoms with Crippen LogP contribution >= 0.6 is 0 Å². The molecule has 0 nitrogen and oxygen atoms in total. The van der Waals surface area contributed by atoms with Crippen molar-refractivity contribution in [2.24, 2.45) is 0 Å². The Kier molecular flexibility index (Phi) is 21.5. The summed E-state index contributed by atoms with van der Waals surface area (Å²) in [6.07, 6.45) is 30.7. The molecule has 136 valence electrons. The first-order chi connectivity index (χ1) is 11.4. The van der Waals surface area contributed by atoms with Gasteiger partial charge in [-0.25, -0.2) is 0 Å². The highest BCUT2D eigenvalue weighted by Crippen LogP contribution is 2.12. The van der Waals surface area contributed by atoms with E-state index in [1.54, 1.807) is 0 Å². The van der Waals surface area contributed by atoms with Crippen molar-refractivity contribution in [2.45, 2.75) is 122 Å². The van der Waals surface area contributed by atoms with Gasteiger partial charge in [-0.1, -0.05) is 122 Å². The van der Waals surface area contributed by atoms with Gasteiger partial charge in [0.05, 0.1) is 0 Å². The second-order valence-electron chi connectivity index (χ2n) is 7.06. The fourth-order valence-electron chi connectivity index (χ4n) is 3.06. The number of hydrogen-bond acceptors (Lipinski definition) is 0. The SMILES string of the molecule is [CH2]CCCCCCCCC=CCCCCCCCCCCC[CH2]. The van der Waals surface area contributed by atoms with Crippen molar-refractivity contribution in [3.8, 4) is 0 Å². The minimum absolute atomic E-state index is 1.11. The fraction of sp³-hybridized carbons (Fsp3) is 0.826. The Morgan fingerprint density at radius 3 is 0.913 bits per heavy atom. The van der Waals surface area contributed by atoms with Crippen molar-refractivity contribution < 1.29 is 0 Å². The molecule has 0 fully saturated rings. The zero-order valence-corrected chi connectivity index (χ0v) is 16.0. The molecule has 0 rings (SSSR count). The van der Waals surface area contributed by atoms with Gasteiger partial charge in [0, 0.05) is 0 Å². The van der Waals surface area contributed by atoms with E-state index >= 15 is 0 Å². The zero-order valence-electron chi connectivity index (χ0n) is 16.0. The van der Waals surface area contributed by atoms with Crippen LogP contribution in [0.3, 0.4) is 0 Å². The summed E-state index contributed by atoms with van der Waals surface area (Å²) in [5.74, 6) is 0. The van der Waals surface area contributed by atoms with E-state index in [-0.39, 0.29) is 0 Å². The molecule has 0 aliphatic carbocycles. The predicted octanol–water partition coefficient (Wildman–Crippen LogP) is 8.62. The molecule has 0 aromatic carbocycles. The molecule has 0 saturated carbocycles. The molecule has 0 N–H and O–H groups in total. The quantitative estimate of drug-likeness (QED) is 0.165. The van der Waals surface area contributed by atoms with E-state index in [1.807, 2.05) is 0 Å². The molecule has 0 unspecified atom stereocenters. The lowest BCUT2D eigenvalue weighted by Gasteiger charge is -2.01. The first kappa shape index (κ1) is 22.7. The highest BCUT2D eigenvalue weighted by molar-refractivity contribution is 4.81. The lowest BCUT2D eigenvalue weighted by Crippen LogP contribution is -1.81. The number of hydrogen-bond donors (Lipinski definition) is 0. The second-order valence-corrected chi connectivity index (χ2v) is 7.06. The molecule has 0 atom stereocenters. The van der Waals surface area contributed by atoms with E-state index < -0.39 is 0 Å². The summed E-state index contributed by atoms with van der Waals surface area (Å²) < 4.78 is 0. The van der Waals surface area contributed by atoms with Crippen molar-refractivity contribution in [2.75, 3.05) is 0 Å². The molecular formula is C23H44. The molecule has 0 spiro atoms. The van der Waals surface area contributed by atoms with Crippen LogP contribution in [0.15, 0.2) is 12.2 Å². The highest BCUT2D eigenvalue weighted by atomic mass is 14.0. The minimum Gasteiger partial charge on any atom is -0.0885 e. The van der Waals surface area contributed by atoms with Gasteiger partial charge in [-0.05, 0) is 25.7 Å². The summed E-state index contributed by atoms with van der Waals surface area (Å²) in [6.45, 7) is 7.79. The van der Waals surface area contributed by atoms with Crippen molar-refractivity contribution in [3.63, 3.8) is 0 Å². The molecule has 23 heavy (non-hydrogen) atoms. The summed E-state index contributed by atoms with van der Waals surface area (Å²) in [4.78, 5) is 0. The second kappa shape index (κ2) is 21.7. The molecule has 2 radical (unpaired) electrons. The molecule has 0 heterocycles. The first-order valence-corrected chi connectivity index (χ1v) is 10.6. The Hall–Kier alpha value is -0.260. The normalized spacial score (nSPS) is 11.6. The van der Waals surface area contributed by atoms with E-state index in [4.69, 9.17) is 0 Å². The van der Waals surface area contributed by atoms with Crippen LogP contribution in [-0.2, 0) is 0 Å². The lowest BCUT2D eigenvalue weighted by atomic mass is 10.1. The average molecular weight is 321 g/mol. The summed E-state index contributed by atoms with van der Waals surface area (Å²) in [6, 6.07) is 0. The monoisotopic (exact) mass is 320 g/mol. The largest absolute Gasteiger partial charge is 0.0885 e. The maximum Gasteiger partial charge on any atom is -0.0351 e. The van der Waals surface area contributed by atoms with Crippen LogP contribution in [0.1, 0.15) is 122 Å². The number of unbranched alkanes of at least 4 members (excludes halogenated alkanes) is 17. The molecule has 0 aliphatic heterocycles. The average Bonchev–Trinajstić information content (AvgIpc) is 2.57. The first-order valence-electron chi connectivity index (χ1n) is 10.6. The summed E-state index contributed by atoms with van der Waals surface area (Å²) in [5, 5.41) is 0. The molecule has 0 heteroatoms. The van der Waals surface area contributed by atoms with Gasteiger partial charge in [-0.2, -0.15) is 0 Å². The molecule has 0 aromatic rings. The van der Waals surface area contributed by atoms with Crippen LogP contribution in [0.2, 0.25) is 0 Å². The third-order valence-electron chi connectivity index (χ3n) is 4.66. The van der Waals surface area contributed by atoms with E-state index in [9.17, 15) is 0 Å². The molecular weight excluding hydrogens is 276 g/mol. The Balaban J connectivity index is 3.03. The predicted molar refractivity (Wildman–Crippen MR) is 108 cm³/mol. The van der Waals surface area contributed by atoms with Crippen LogP contribution in [0.4, 0.5) is 0 Å². The van der Waals surface area contributed by atoms with Crippen molar-refractivity contribution >= 4 is 0 Å². The molecule has 0 aromatic heterocycles. The van der Waals surface area contributed by atoms with Gasteiger partial charge in [0.15, 0.2) is 0 Å². The third-order valence-corrected chi connectivity index (χ3v) is 4.66. The van der Waals surface area contributed by atoms with Gasteiger partial charge in [0.25, 0.3) is 0 Å². The minimum atomic E-state index is 1.11. The fourth-order valence-corrected chi connectivity index (χ4v) is 3.06. The van der Waals surface area contributed by atoms with E-state index in [0.717, 1.165) is 12.8 Å². The van der Waals surface area contributed by atoms with E-state index in [1.165, 1.54) is 109 Å². The maximum absolute atomic E-state index is 3.90. The topological polar surface area (TPSA) is 0 Å². The number of rotatable bonds is 19. The Morgan fingerprint density at radius 2 is 0.609 bits per heavy atom. The van der Waals surface area contributed by atoms with Crippen LogP contribution < -0.4 is 0 Å². The summed E-state index contributed by atoms with van der Waals surface area (Å²) >= 11 is 0. The van der Waals surface area contributed by atoms with Crippen LogP contribution in [0.25, 0.3) is 0 Å². The van der Waals surface area contributed by atoms with Gasteiger partial charge in [-0.15, -0.1) is 0 Å². The summed E-state index contributed by atoms with van der Waals surface area (Å²) in [7, 11) is 0. The smallest absolute Gasteiger partial charge is 0.0351 e. The lowest BCUT2D eigenvalue weighted by molar-refractivity contribution is 0.561. The van der Waals surface area contributed by atoms with Crippen LogP contribution in [-0.4, -0.2) is 0 Å². The van der Waals surface area contributed by atoms with Gasteiger partial charge < -0.3 is 0 Å². The van der Waals surface area contributed by atoms with Gasteiger partial charge in [0.1, 0.15) is 0 Å². The van der Waals surface area contributed by atoms with Crippen LogP contribution in [0, 0.1) is 13.8 Å². The number of allylic oxidation sites excluding steroid dienone is 2. The van der Waals surface area contributed by atoms with Crippen molar-refractivity contribution in [1.82, 2.24) is 0 Å². The van der Waals surface area contributed by atoms with Crippen molar-refractivity contribution in [1.29, 1.82) is 0 Å². The Morgan fingerprint density at radius 1 is 0.348 bits per heavy atom. The van der Waals surface area contributed by atoms with E-state index in [0.29, 0.717) is 0 Å². The molecule has 0 amide bonds. The zero-order chi connectivity index (χ0) is 16.8. The maximum atomic E-state index is 3.90. The van der Waals surface area contributed by atoms with E-state index in [2.05, 4.69) is 26.0 Å². The molecule has 0 bridgehead atoms. The van der Waals surface area contributed by atoms with Crippen molar-refractivity contribution in [3.05, 3.63) is 26.0 Å². The third kappa shape index (κ3) is 21.7. The molecule has 0 saturated heterocycles. The standard InChI is InChI=1S/C23H44/c1-3-5-7-9-11-13-15-17-19-21-23-22-20-18-16-14-12-10-8-6-4-2/h19,21H,1-18,20,22-23H2. The van der Waals surface area contributed by atoms with Gasteiger partial charge in [-0.3, -0.25) is 0 Å². The Bertz CT molecular complexity index is 216. The van der Waals surface area contributed by atoms with Crippen LogP contribution in [0.5, 0.6) is 0 Å². The van der Waals surface area contributed by atoms with Gasteiger partial charge in [0.2, 0.25) is 0 Å². The summed E-state index contributed by atoms with van der Waals surface area (Å²) in [5.41, 5.74) is 0. The van der Waals surface area contributed by atoms with Gasteiger partial charge >= 0.3 is 0 Å². The molecule has 0 aliphatic rings.